The van der Waals surface area contributed by atoms with Crippen LogP contribution in [0.4, 0.5) is 0 Å². The number of nitrogens with zero attached hydrogens (tertiary/aromatic N) is 1. The predicted octanol–water partition coefficient (Wildman–Crippen LogP) is 2.44. The summed E-state index contributed by atoms with van der Waals surface area (Å²) in [6.07, 6.45) is 2.51. The van der Waals surface area contributed by atoms with Gasteiger partial charge in [0.1, 0.15) is 13.2 Å². The second-order valence-electron chi connectivity index (χ2n) is 5.97. The first-order valence-electron chi connectivity index (χ1n) is 7.59. The molecule has 3 rings (SSSR count). The van der Waals surface area contributed by atoms with Crippen molar-refractivity contribution in [2.75, 3.05) is 26.3 Å². The van der Waals surface area contributed by atoms with Crippen LogP contribution in [-0.4, -0.2) is 37.2 Å². The fraction of sp³-hybridized carbons (Fsp3) is 0.625. The van der Waals surface area contributed by atoms with Gasteiger partial charge in [-0.3, -0.25) is 4.90 Å². The van der Waals surface area contributed by atoms with Gasteiger partial charge < -0.3 is 15.2 Å². The molecule has 2 heterocycles. The molecule has 0 aliphatic carbocycles. The Morgan fingerprint density at radius 1 is 1.29 bits per heavy atom. The maximum Gasteiger partial charge on any atom is 0.161 e. The van der Waals surface area contributed by atoms with Crippen LogP contribution in [0.3, 0.4) is 0 Å². The van der Waals surface area contributed by atoms with Crippen molar-refractivity contribution in [3.63, 3.8) is 0 Å². The number of piperidine rings is 1. The molecule has 5 heteroatoms. The first-order chi connectivity index (χ1) is 9.72. The molecular formula is C16H25ClN2O2. The van der Waals surface area contributed by atoms with Crippen LogP contribution in [0.5, 0.6) is 11.5 Å². The monoisotopic (exact) mass is 312 g/mol. The number of halogens is 1. The van der Waals surface area contributed by atoms with E-state index in [1.165, 1.54) is 18.4 Å². The van der Waals surface area contributed by atoms with Crippen molar-refractivity contribution in [1.82, 2.24) is 4.90 Å². The van der Waals surface area contributed by atoms with Gasteiger partial charge in [-0.05, 0) is 49.9 Å². The Labute approximate surface area is 133 Å². The number of ether oxygens (including phenoxy) is 2. The third-order valence-electron chi connectivity index (χ3n) is 4.30. The van der Waals surface area contributed by atoms with E-state index in [9.17, 15) is 0 Å². The summed E-state index contributed by atoms with van der Waals surface area (Å²) >= 11 is 0. The van der Waals surface area contributed by atoms with Crippen molar-refractivity contribution >= 4 is 12.4 Å². The minimum atomic E-state index is 0. The SMILES string of the molecule is CC(N)C1CCCN(Cc2ccc3c(c2)OCCO3)C1.Cl. The quantitative estimate of drug-likeness (QED) is 0.931. The summed E-state index contributed by atoms with van der Waals surface area (Å²) in [5, 5.41) is 0. The zero-order valence-corrected chi connectivity index (χ0v) is 13.4. The van der Waals surface area contributed by atoms with Gasteiger partial charge in [-0.1, -0.05) is 6.07 Å². The van der Waals surface area contributed by atoms with Crippen LogP contribution in [0.1, 0.15) is 25.3 Å². The Morgan fingerprint density at radius 2 is 2.05 bits per heavy atom. The normalized spacial score (nSPS) is 23.2. The third kappa shape index (κ3) is 4.02. The Hall–Kier alpha value is -0.970. The van der Waals surface area contributed by atoms with Crippen LogP contribution in [0.2, 0.25) is 0 Å². The lowest BCUT2D eigenvalue weighted by atomic mass is 9.92. The molecule has 2 unspecified atom stereocenters. The minimum absolute atomic E-state index is 0. The molecule has 0 aromatic heterocycles. The molecule has 0 amide bonds. The van der Waals surface area contributed by atoms with E-state index in [0.29, 0.717) is 19.1 Å². The highest BCUT2D eigenvalue weighted by Gasteiger charge is 2.23. The number of rotatable bonds is 3. The number of likely N-dealkylation sites (tertiary alicyclic amines) is 1. The van der Waals surface area contributed by atoms with Crippen LogP contribution in [0.15, 0.2) is 18.2 Å². The molecule has 4 nitrogen and oxygen atoms in total. The van der Waals surface area contributed by atoms with E-state index in [-0.39, 0.29) is 18.4 Å². The third-order valence-corrected chi connectivity index (χ3v) is 4.30. The van der Waals surface area contributed by atoms with Crippen LogP contribution in [0, 0.1) is 5.92 Å². The lowest BCUT2D eigenvalue weighted by molar-refractivity contribution is 0.152. The van der Waals surface area contributed by atoms with E-state index in [4.69, 9.17) is 15.2 Å². The van der Waals surface area contributed by atoms with E-state index >= 15 is 0 Å². The average molecular weight is 313 g/mol. The van der Waals surface area contributed by atoms with Gasteiger partial charge >= 0.3 is 0 Å². The highest BCUT2D eigenvalue weighted by Crippen LogP contribution is 2.31. The molecule has 0 saturated carbocycles. The lowest BCUT2D eigenvalue weighted by Crippen LogP contribution is -2.41. The zero-order chi connectivity index (χ0) is 13.9. The topological polar surface area (TPSA) is 47.7 Å². The fourth-order valence-corrected chi connectivity index (χ4v) is 3.11. The van der Waals surface area contributed by atoms with Gasteiger partial charge in [0.2, 0.25) is 0 Å². The van der Waals surface area contributed by atoms with E-state index in [2.05, 4.69) is 24.0 Å². The van der Waals surface area contributed by atoms with Gasteiger partial charge in [0, 0.05) is 19.1 Å². The minimum Gasteiger partial charge on any atom is -0.486 e. The smallest absolute Gasteiger partial charge is 0.161 e. The summed E-state index contributed by atoms with van der Waals surface area (Å²) in [6, 6.07) is 6.57. The van der Waals surface area contributed by atoms with Gasteiger partial charge in [0.05, 0.1) is 0 Å². The Kier molecular flexibility index (Phi) is 5.73. The molecular weight excluding hydrogens is 288 g/mol. The maximum atomic E-state index is 6.05. The Balaban J connectivity index is 0.00000161. The molecule has 118 valence electrons. The van der Waals surface area contributed by atoms with Crippen LogP contribution in [0.25, 0.3) is 0 Å². The maximum absolute atomic E-state index is 6.05. The van der Waals surface area contributed by atoms with Crippen molar-refractivity contribution in [3.8, 4) is 11.5 Å². The molecule has 0 spiro atoms. The summed E-state index contributed by atoms with van der Waals surface area (Å²) in [6.45, 7) is 6.66. The first kappa shape index (κ1) is 16.4. The Morgan fingerprint density at radius 3 is 2.81 bits per heavy atom. The second-order valence-corrected chi connectivity index (χ2v) is 5.97. The molecule has 1 aromatic rings. The number of hydrogen-bond acceptors (Lipinski definition) is 4. The summed E-state index contributed by atoms with van der Waals surface area (Å²) in [7, 11) is 0. The molecule has 21 heavy (non-hydrogen) atoms. The van der Waals surface area contributed by atoms with Crippen molar-refractivity contribution < 1.29 is 9.47 Å². The summed E-state index contributed by atoms with van der Waals surface area (Å²) in [4.78, 5) is 2.50. The van der Waals surface area contributed by atoms with Crippen molar-refractivity contribution in [2.24, 2.45) is 11.7 Å². The average Bonchev–Trinajstić information content (AvgIpc) is 2.47. The first-order valence-corrected chi connectivity index (χ1v) is 7.59. The van der Waals surface area contributed by atoms with Gasteiger partial charge in [-0.2, -0.15) is 0 Å². The number of fused-ring (bicyclic) bond motifs is 1. The van der Waals surface area contributed by atoms with Crippen molar-refractivity contribution in [2.45, 2.75) is 32.4 Å². The van der Waals surface area contributed by atoms with Crippen molar-refractivity contribution in [1.29, 1.82) is 0 Å². The molecule has 2 N–H and O–H groups in total. The molecule has 1 saturated heterocycles. The molecule has 2 aliphatic heterocycles. The summed E-state index contributed by atoms with van der Waals surface area (Å²) in [5.41, 5.74) is 7.34. The van der Waals surface area contributed by atoms with Crippen LogP contribution < -0.4 is 15.2 Å². The van der Waals surface area contributed by atoms with E-state index in [1.807, 2.05) is 6.07 Å². The van der Waals surface area contributed by atoms with E-state index in [0.717, 1.165) is 31.1 Å². The second kappa shape index (κ2) is 7.34. The molecule has 2 aliphatic rings. The molecule has 0 radical (unpaired) electrons. The molecule has 1 aromatic carbocycles. The highest BCUT2D eigenvalue weighted by molar-refractivity contribution is 5.85. The summed E-state index contributed by atoms with van der Waals surface area (Å²) in [5.74, 6) is 2.38. The molecule has 0 bridgehead atoms. The van der Waals surface area contributed by atoms with Gasteiger partial charge in [-0.15, -0.1) is 12.4 Å². The number of nitrogens with two attached hydrogens (primary N) is 1. The number of hydrogen-bond donors (Lipinski definition) is 1. The Bertz CT molecular complexity index is 468. The number of benzene rings is 1. The van der Waals surface area contributed by atoms with Gasteiger partial charge in [0.15, 0.2) is 11.5 Å². The van der Waals surface area contributed by atoms with Crippen LogP contribution in [-0.2, 0) is 6.54 Å². The molecule has 2 atom stereocenters. The van der Waals surface area contributed by atoms with Crippen molar-refractivity contribution in [3.05, 3.63) is 23.8 Å². The largest absolute Gasteiger partial charge is 0.486 e. The fourth-order valence-electron chi connectivity index (χ4n) is 3.11. The molecule has 1 fully saturated rings. The van der Waals surface area contributed by atoms with E-state index < -0.39 is 0 Å². The summed E-state index contributed by atoms with van der Waals surface area (Å²) < 4.78 is 11.2. The standard InChI is InChI=1S/C16H24N2O2.ClH/c1-12(17)14-3-2-6-18(11-14)10-13-4-5-15-16(9-13)20-8-7-19-15;/h4-5,9,12,14H,2-3,6-8,10-11,17H2,1H3;1H. The zero-order valence-electron chi connectivity index (χ0n) is 12.6. The lowest BCUT2D eigenvalue weighted by Gasteiger charge is -2.34. The van der Waals surface area contributed by atoms with Gasteiger partial charge in [-0.25, -0.2) is 0 Å². The van der Waals surface area contributed by atoms with E-state index in [1.54, 1.807) is 0 Å². The van der Waals surface area contributed by atoms with Gasteiger partial charge in [0.25, 0.3) is 0 Å². The predicted molar refractivity (Wildman–Crippen MR) is 86.3 cm³/mol. The van der Waals surface area contributed by atoms with Crippen LogP contribution >= 0.6 is 12.4 Å². The highest BCUT2D eigenvalue weighted by atomic mass is 35.5.